The Morgan fingerprint density at radius 3 is 2.92 bits per heavy atom. The van der Waals surface area contributed by atoms with Crippen LogP contribution < -0.4 is 5.32 Å². The SMILES string of the molecule is CCNc1nc(Cl)cc(SC)n1. The molecule has 0 bridgehead atoms. The summed E-state index contributed by atoms with van der Waals surface area (Å²) in [6, 6.07) is 1.74. The summed E-state index contributed by atoms with van der Waals surface area (Å²) in [5.74, 6) is 0.592. The molecule has 0 spiro atoms. The average molecular weight is 204 g/mol. The molecule has 0 aliphatic heterocycles. The maximum atomic E-state index is 5.76. The van der Waals surface area contributed by atoms with Gasteiger partial charge < -0.3 is 5.32 Å². The van der Waals surface area contributed by atoms with Crippen LogP contribution in [0.3, 0.4) is 0 Å². The Bertz CT molecular complexity index is 267. The van der Waals surface area contributed by atoms with Gasteiger partial charge in [-0.15, -0.1) is 11.8 Å². The summed E-state index contributed by atoms with van der Waals surface area (Å²) in [7, 11) is 0. The Hall–Kier alpha value is -0.480. The molecule has 1 N–H and O–H groups in total. The molecule has 0 fully saturated rings. The fraction of sp³-hybridized carbons (Fsp3) is 0.429. The van der Waals surface area contributed by atoms with Gasteiger partial charge in [0, 0.05) is 12.6 Å². The lowest BCUT2D eigenvalue weighted by Crippen LogP contribution is -2.02. The van der Waals surface area contributed by atoms with Crippen molar-refractivity contribution in [2.75, 3.05) is 18.1 Å². The van der Waals surface area contributed by atoms with Gasteiger partial charge in [-0.05, 0) is 13.2 Å². The highest BCUT2D eigenvalue weighted by Crippen LogP contribution is 2.17. The smallest absolute Gasteiger partial charge is 0.225 e. The third-order valence-corrected chi connectivity index (χ3v) is 2.04. The summed E-state index contributed by atoms with van der Waals surface area (Å²) >= 11 is 7.31. The van der Waals surface area contributed by atoms with Crippen molar-refractivity contribution in [2.45, 2.75) is 11.9 Å². The van der Waals surface area contributed by atoms with E-state index in [2.05, 4.69) is 15.3 Å². The van der Waals surface area contributed by atoms with Gasteiger partial charge in [-0.2, -0.15) is 0 Å². The van der Waals surface area contributed by atoms with Crippen LogP contribution in [0.5, 0.6) is 0 Å². The van der Waals surface area contributed by atoms with E-state index in [-0.39, 0.29) is 0 Å². The highest BCUT2D eigenvalue weighted by atomic mass is 35.5. The van der Waals surface area contributed by atoms with E-state index in [1.807, 2.05) is 13.2 Å². The summed E-state index contributed by atoms with van der Waals surface area (Å²) in [6.07, 6.45) is 1.95. The molecule has 0 aliphatic rings. The molecule has 66 valence electrons. The van der Waals surface area contributed by atoms with Gasteiger partial charge in [0.1, 0.15) is 10.2 Å². The first-order valence-corrected chi connectivity index (χ1v) is 5.19. The predicted octanol–water partition coefficient (Wildman–Crippen LogP) is 2.28. The number of aromatic nitrogens is 2. The molecule has 0 saturated heterocycles. The number of hydrogen-bond acceptors (Lipinski definition) is 4. The zero-order valence-electron chi connectivity index (χ0n) is 6.97. The van der Waals surface area contributed by atoms with Crippen LogP contribution in [0.1, 0.15) is 6.92 Å². The number of nitrogens with zero attached hydrogens (tertiary/aromatic N) is 2. The molecule has 1 aromatic heterocycles. The van der Waals surface area contributed by atoms with Gasteiger partial charge in [-0.25, -0.2) is 9.97 Å². The van der Waals surface area contributed by atoms with E-state index < -0.39 is 0 Å². The van der Waals surface area contributed by atoms with Gasteiger partial charge in [0.25, 0.3) is 0 Å². The standard InChI is InChI=1S/C7H10ClN3S/c1-3-9-7-10-5(8)4-6(11-7)12-2/h4H,3H2,1-2H3,(H,9,10,11). The lowest BCUT2D eigenvalue weighted by molar-refractivity contribution is 1.02. The molecule has 3 nitrogen and oxygen atoms in total. The highest BCUT2D eigenvalue weighted by Gasteiger charge is 2.00. The number of hydrogen-bond donors (Lipinski definition) is 1. The van der Waals surface area contributed by atoms with Crippen molar-refractivity contribution < 1.29 is 0 Å². The molecule has 0 amide bonds. The minimum atomic E-state index is 0.477. The molecule has 0 aliphatic carbocycles. The molecule has 0 saturated carbocycles. The second kappa shape index (κ2) is 4.52. The van der Waals surface area contributed by atoms with Gasteiger partial charge in [-0.3, -0.25) is 0 Å². The number of halogens is 1. The maximum absolute atomic E-state index is 5.76. The van der Waals surface area contributed by atoms with Crippen LogP contribution in [-0.2, 0) is 0 Å². The zero-order chi connectivity index (χ0) is 8.97. The van der Waals surface area contributed by atoms with E-state index in [1.165, 1.54) is 0 Å². The van der Waals surface area contributed by atoms with Crippen LogP contribution in [0.25, 0.3) is 0 Å². The number of thioether (sulfide) groups is 1. The van der Waals surface area contributed by atoms with Crippen LogP contribution in [0.15, 0.2) is 11.1 Å². The summed E-state index contributed by atoms with van der Waals surface area (Å²) in [6.45, 7) is 2.79. The lowest BCUT2D eigenvalue weighted by atomic mass is 10.6. The summed E-state index contributed by atoms with van der Waals surface area (Å²) < 4.78 is 0. The molecule has 0 aromatic carbocycles. The molecular weight excluding hydrogens is 194 g/mol. The topological polar surface area (TPSA) is 37.8 Å². The first kappa shape index (κ1) is 9.61. The Kier molecular flexibility index (Phi) is 3.62. The number of anilines is 1. The van der Waals surface area contributed by atoms with Crippen LogP contribution in [0.4, 0.5) is 5.95 Å². The van der Waals surface area contributed by atoms with Gasteiger partial charge >= 0.3 is 0 Å². The van der Waals surface area contributed by atoms with Gasteiger partial charge in [-0.1, -0.05) is 11.6 Å². The molecule has 1 rings (SSSR count). The lowest BCUT2D eigenvalue weighted by Gasteiger charge is -2.02. The molecule has 5 heteroatoms. The third-order valence-electron chi connectivity index (χ3n) is 1.22. The van der Waals surface area contributed by atoms with E-state index >= 15 is 0 Å². The molecule has 0 unspecified atom stereocenters. The Morgan fingerprint density at radius 1 is 1.58 bits per heavy atom. The van der Waals surface area contributed by atoms with Crippen molar-refractivity contribution in [3.63, 3.8) is 0 Å². The van der Waals surface area contributed by atoms with Crippen molar-refractivity contribution in [1.82, 2.24) is 9.97 Å². The van der Waals surface area contributed by atoms with Gasteiger partial charge in [0.2, 0.25) is 5.95 Å². The van der Waals surface area contributed by atoms with Crippen LogP contribution in [0, 0.1) is 0 Å². The molecular formula is C7H10ClN3S. The van der Waals surface area contributed by atoms with E-state index in [0.717, 1.165) is 11.6 Å². The van der Waals surface area contributed by atoms with E-state index in [4.69, 9.17) is 11.6 Å². The van der Waals surface area contributed by atoms with E-state index in [1.54, 1.807) is 17.8 Å². The monoisotopic (exact) mass is 203 g/mol. The van der Waals surface area contributed by atoms with Crippen molar-refractivity contribution in [3.05, 3.63) is 11.2 Å². The van der Waals surface area contributed by atoms with E-state index in [0.29, 0.717) is 11.1 Å². The quantitative estimate of drug-likeness (QED) is 0.604. The Balaban J connectivity index is 2.90. The zero-order valence-corrected chi connectivity index (χ0v) is 8.54. The number of nitrogens with one attached hydrogen (secondary N) is 1. The van der Waals surface area contributed by atoms with Crippen molar-refractivity contribution in [2.24, 2.45) is 0 Å². The third kappa shape index (κ3) is 2.53. The molecule has 0 radical (unpaired) electrons. The Labute approximate surface area is 80.9 Å². The van der Waals surface area contributed by atoms with Crippen LogP contribution >= 0.6 is 23.4 Å². The van der Waals surface area contributed by atoms with Gasteiger partial charge in [0.05, 0.1) is 0 Å². The van der Waals surface area contributed by atoms with Crippen molar-refractivity contribution in [3.8, 4) is 0 Å². The fourth-order valence-electron chi connectivity index (χ4n) is 0.739. The minimum Gasteiger partial charge on any atom is -0.354 e. The summed E-state index contributed by atoms with van der Waals surface area (Å²) in [5.41, 5.74) is 0. The first-order chi connectivity index (χ1) is 5.76. The molecule has 1 aromatic rings. The maximum Gasteiger partial charge on any atom is 0.225 e. The van der Waals surface area contributed by atoms with E-state index in [9.17, 15) is 0 Å². The average Bonchev–Trinajstić information content (AvgIpc) is 2.04. The van der Waals surface area contributed by atoms with Crippen molar-refractivity contribution >= 4 is 29.3 Å². The Morgan fingerprint density at radius 2 is 2.33 bits per heavy atom. The second-order valence-electron chi connectivity index (χ2n) is 2.09. The summed E-state index contributed by atoms with van der Waals surface area (Å²) in [5, 5.41) is 4.36. The van der Waals surface area contributed by atoms with Crippen LogP contribution in [-0.4, -0.2) is 22.8 Å². The normalized spacial score (nSPS) is 9.92. The highest BCUT2D eigenvalue weighted by molar-refractivity contribution is 7.98. The number of rotatable bonds is 3. The van der Waals surface area contributed by atoms with Crippen molar-refractivity contribution in [1.29, 1.82) is 0 Å². The van der Waals surface area contributed by atoms with Gasteiger partial charge in [0.15, 0.2) is 0 Å². The first-order valence-electron chi connectivity index (χ1n) is 3.58. The fourth-order valence-corrected chi connectivity index (χ4v) is 1.39. The van der Waals surface area contributed by atoms with Crippen LogP contribution in [0.2, 0.25) is 5.15 Å². The molecule has 12 heavy (non-hydrogen) atoms. The largest absolute Gasteiger partial charge is 0.354 e. The molecule has 1 heterocycles. The second-order valence-corrected chi connectivity index (χ2v) is 3.30. The molecule has 0 atom stereocenters. The summed E-state index contributed by atoms with van der Waals surface area (Å²) in [4.78, 5) is 8.20. The predicted molar refractivity (Wildman–Crippen MR) is 53.0 cm³/mol. The minimum absolute atomic E-state index is 0.477.